The molecule has 4 aliphatic heterocycles. The van der Waals surface area contributed by atoms with Gasteiger partial charge in [0.25, 0.3) is 0 Å². The molecule has 21 heavy (non-hydrogen) atoms. The van der Waals surface area contributed by atoms with Gasteiger partial charge in [-0.15, -0.1) is 0 Å². The molecule has 3 unspecified atom stereocenters. The van der Waals surface area contributed by atoms with E-state index >= 15 is 0 Å². The summed E-state index contributed by atoms with van der Waals surface area (Å²) in [7, 11) is -9.00. The first kappa shape index (κ1) is 15.9. The summed E-state index contributed by atoms with van der Waals surface area (Å²) in [5.41, 5.74) is 0. The molecule has 4 aliphatic rings. The van der Waals surface area contributed by atoms with Crippen molar-refractivity contribution >= 4 is 15.6 Å². The predicted molar refractivity (Wildman–Crippen MR) is 54.5 cm³/mol. The van der Waals surface area contributed by atoms with Crippen LogP contribution in [0.3, 0.4) is 0 Å². The lowest BCUT2D eigenvalue weighted by Crippen LogP contribution is -2.67. The van der Waals surface area contributed by atoms with Crippen LogP contribution in [-0.2, 0) is 36.7 Å². The molecule has 5 N–H and O–H groups in total. The molecule has 0 aliphatic carbocycles. The second kappa shape index (κ2) is 4.30. The maximum absolute atomic E-state index is 11.4. The second-order valence-corrected chi connectivity index (χ2v) is 7.05. The molecule has 4 saturated heterocycles. The average molecular weight is 352 g/mol. The van der Waals surface area contributed by atoms with Crippen molar-refractivity contribution in [2.24, 2.45) is 0 Å². The monoisotopic (exact) mass is 352 g/mol. The SMILES string of the molecule is O=P(O)(O)OCC1COC(O)(C2(O)OP3(=O)OC2(O)O3)O1. The third kappa shape index (κ3) is 2.31. The van der Waals surface area contributed by atoms with Crippen LogP contribution >= 0.6 is 15.6 Å². The summed E-state index contributed by atoms with van der Waals surface area (Å²) in [4.78, 5) is 17.1. The number of rotatable bonds is 4. The summed E-state index contributed by atoms with van der Waals surface area (Å²) >= 11 is 0. The van der Waals surface area contributed by atoms with Crippen LogP contribution in [0.4, 0.5) is 0 Å². The molecule has 3 atom stereocenters. The summed E-state index contributed by atoms with van der Waals surface area (Å²) in [5.74, 6) is -9.23. The largest absolute Gasteiger partial charge is 0.487 e. The molecule has 4 heterocycles. The van der Waals surface area contributed by atoms with Gasteiger partial charge in [-0.25, -0.2) is 22.7 Å². The van der Waals surface area contributed by atoms with Gasteiger partial charge in [-0.1, -0.05) is 0 Å². The number of phosphoric ester groups is 2. The fraction of sp³-hybridized carbons (Fsp3) is 1.00. The number of phosphoric acid groups is 2. The third-order valence-electron chi connectivity index (χ3n) is 2.79. The maximum atomic E-state index is 11.4. The van der Waals surface area contributed by atoms with Crippen LogP contribution in [0, 0.1) is 0 Å². The molecule has 4 rings (SSSR count). The minimum atomic E-state index is -4.78. The van der Waals surface area contributed by atoms with Crippen LogP contribution in [0.5, 0.6) is 0 Å². The van der Waals surface area contributed by atoms with Crippen molar-refractivity contribution in [1.82, 2.24) is 0 Å². The Bertz CT molecular complexity index is 547. The van der Waals surface area contributed by atoms with Crippen molar-refractivity contribution < 1.29 is 61.8 Å². The predicted octanol–water partition coefficient (Wildman–Crippen LogP) is -2.32. The van der Waals surface area contributed by atoms with E-state index in [-0.39, 0.29) is 0 Å². The van der Waals surface area contributed by atoms with E-state index in [2.05, 4.69) is 18.1 Å². The Morgan fingerprint density at radius 2 is 1.81 bits per heavy atom. The van der Waals surface area contributed by atoms with E-state index in [0.29, 0.717) is 0 Å². The molecule has 13 nitrogen and oxygen atoms in total. The Kier molecular flexibility index (Phi) is 3.26. The van der Waals surface area contributed by atoms with Gasteiger partial charge >= 0.3 is 33.4 Å². The lowest BCUT2D eigenvalue weighted by atomic mass is 10.2. The standard InChI is InChI=1S/C6H10O13P2/c7-4(6(9)18-21(13,17-4)19-6)5(8)14-1-3(16-5)2-15-20(10,11)12/h3,7-9H,1-2H2,(H2,10,11,12). The first-order valence-corrected chi connectivity index (χ1v) is 8.31. The number of aliphatic hydroxyl groups is 3. The highest BCUT2D eigenvalue weighted by molar-refractivity contribution is 7.50. The van der Waals surface area contributed by atoms with Gasteiger partial charge in [0.15, 0.2) is 0 Å². The zero-order chi connectivity index (χ0) is 15.7. The normalized spacial score (nSPS) is 52.9. The van der Waals surface area contributed by atoms with Gasteiger partial charge in [-0.3, -0.25) is 4.52 Å². The minimum absolute atomic E-state index is 0.497. The van der Waals surface area contributed by atoms with Crippen LogP contribution in [0.1, 0.15) is 0 Å². The lowest BCUT2D eigenvalue weighted by molar-refractivity contribution is -0.505. The Morgan fingerprint density at radius 1 is 1.19 bits per heavy atom. The summed E-state index contributed by atoms with van der Waals surface area (Å²) in [6, 6.07) is 0. The molecule has 0 aromatic rings. The van der Waals surface area contributed by atoms with Gasteiger partial charge < -0.3 is 34.6 Å². The Balaban J connectivity index is 1.72. The van der Waals surface area contributed by atoms with Crippen molar-refractivity contribution in [3.63, 3.8) is 0 Å². The van der Waals surface area contributed by atoms with Crippen molar-refractivity contribution in [2.45, 2.75) is 23.8 Å². The van der Waals surface area contributed by atoms with E-state index < -0.39 is 52.7 Å². The Labute approximate surface area is 115 Å². The molecule has 0 radical (unpaired) electrons. The fourth-order valence-corrected chi connectivity index (χ4v) is 3.74. The number of fused-ring (bicyclic) bond motifs is 1. The highest BCUT2D eigenvalue weighted by Crippen LogP contribution is 2.78. The van der Waals surface area contributed by atoms with Crippen molar-refractivity contribution in [2.75, 3.05) is 13.2 Å². The molecule has 0 amide bonds. The van der Waals surface area contributed by atoms with E-state index in [1.807, 2.05) is 0 Å². The number of hydrogen-bond donors (Lipinski definition) is 5. The molecule has 122 valence electrons. The van der Waals surface area contributed by atoms with Crippen molar-refractivity contribution in [3.05, 3.63) is 0 Å². The third-order valence-corrected chi connectivity index (χ3v) is 4.71. The molecule has 4 fully saturated rings. The molecule has 0 aromatic heterocycles. The quantitative estimate of drug-likeness (QED) is 0.339. The van der Waals surface area contributed by atoms with E-state index in [4.69, 9.17) is 19.3 Å². The number of ether oxygens (including phenoxy) is 2. The molecule has 0 aromatic carbocycles. The van der Waals surface area contributed by atoms with Crippen LogP contribution in [0.25, 0.3) is 0 Å². The van der Waals surface area contributed by atoms with E-state index in [0.717, 1.165) is 0 Å². The second-order valence-electron chi connectivity index (χ2n) is 4.37. The highest BCUT2D eigenvalue weighted by atomic mass is 31.2. The van der Waals surface area contributed by atoms with Gasteiger partial charge in [0.1, 0.15) is 6.10 Å². The van der Waals surface area contributed by atoms with Gasteiger partial charge in [-0.2, -0.15) is 0 Å². The van der Waals surface area contributed by atoms with Crippen LogP contribution in [0.15, 0.2) is 0 Å². The maximum Gasteiger partial charge on any atom is 0.487 e. The summed E-state index contributed by atoms with van der Waals surface area (Å²) in [5, 5.41) is 29.7. The van der Waals surface area contributed by atoms with E-state index in [1.54, 1.807) is 0 Å². The molecule has 15 heteroatoms. The molecular formula is C6H10O13P2. The lowest BCUT2D eigenvalue weighted by Gasteiger charge is -2.38. The minimum Gasteiger partial charge on any atom is -0.353 e. The first-order valence-electron chi connectivity index (χ1n) is 5.32. The van der Waals surface area contributed by atoms with Crippen LogP contribution < -0.4 is 0 Å². The number of hydrogen-bond acceptors (Lipinski definition) is 11. The zero-order valence-electron chi connectivity index (χ0n) is 9.89. The fourth-order valence-electron chi connectivity index (χ4n) is 1.89. The van der Waals surface area contributed by atoms with E-state index in [1.165, 1.54) is 0 Å². The van der Waals surface area contributed by atoms with Gasteiger partial charge in [0.05, 0.1) is 13.2 Å². The summed E-state index contributed by atoms with van der Waals surface area (Å²) in [6.45, 7) is -1.21. The molecule has 0 spiro atoms. The zero-order valence-corrected chi connectivity index (χ0v) is 11.7. The topological polar surface area (TPSA) is 191 Å². The van der Waals surface area contributed by atoms with Crippen LogP contribution in [-0.4, -0.2) is 62.2 Å². The van der Waals surface area contributed by atoms with Crippen LogP contribution in [0.2, 0.25) is 0 Å². The van der Waals surface area contributed by atoms with E-state index in [9.17, 15) is 24.4 Å². The Hall–Kier alpha value is 0.0200. The summed E-state index contributed by atoms with van der Waals surface area (Å²) in [6.07, 6.45) is -1.24. The van der Waals surface area contributed by atoms with Gasteiger partial charge in [0.2, 0.25) is 0 Å². The van der Waals surface area contributed by atoms with Gasteiger partial charge in [0, 0.05) is 0 Å². The van der Waals surface area contributed by atoms with Gasteiger partial charge in [-0.05, 0) is 0 Å². The smallest absolute Gasteiger partial charge is 0.353 e. The van der Waals surface area contributed by atoms with Crippen molar-refractivity contribution in [3.8, 4) is 0 Å². The average Bonchev–Trinajstić information content (AvgIpc) is 2.81. The molecular weight excluding hydrogens is 342 g/mol. The summed E-state index contributed by atoms with van der Waals surface area (Å²) < 4.78 is 48.6. The first-order chi connectivity index (χ1) is 9.41. The molecule has 2 bridgehead atoms. The van der Waals surface area contributed by atoms with Crippen molar-refractivity contribution in [1.29, 1.82) is 0 Å². The molecule has 0 saturated carbocycles. The highest BCUT2D eigenvalue weighted by Gasteiger charge is 2.88. The Morgan fingerprint density at radius 3 is 2.29 bits per heavy atom.